The van der Waals surface area contributed by atoms with E-state index in [1.165, 1.54) is 6.20 Å². The summed E-state index contributed by atoms with van der Waals surface area (Å²) in [5, 5.41) is 9.22. The number of hydrogen-bond donors (Lipinski definition) is 1. The van der Waals surface area contributed by atoms with Gasteiger partial charge in [0.2, 0.25) is 0 Å². The average Bonchev–Trinajstić information content (AvgIpc) is 2.45. The second-order valence-corrected chi connectivity index (χ2v) is 5.79. The van der Waals surface area contributed by atoms with E-state index in [0.717, 1.165) is 25.0 Å². The Bertz CT molecular complexity index is 548. The number of halogens is 1. The zero-order valence-electron chi connectivity index (χ0n) is 12.0. The van der Waals surface area contributed by atoms with Crippen molar-refractivity contribution < 1.29 is 14.7 Å². The van der Waals surface area contributed by atoms with Gasteiger partial charge in [-0.2, -0.15) is 0 Å². The SMILES string of the molecule is Cc1cc(Cl)c(C(=O)N2CCCCC2CCC(=O)O)cn1. The molecule has 1 aromatic heterocycles. The zero-order chi connectivity index (χ0) is 15.4. The first-order chi connectivity index (χ1) is 9.99. The van der Waals surface area contributed by atoms with Crippen molar-refractivity contribution in [1.82, 2.24) is 9.88 Å². The molecule has 1 aliphatic heterocycles. The number of hydrogen-bond acceptors (Lipinski definition) is 3. The molecule has 21 heavy (non-hydrogen) atoms. The fraction of sp³-hybridized carbons (Fsp3) is 0.533. The minimum atomic E-state index is -0.831. The maximum atomic E-state index is 12.6. The van der Waals surface area contributed by atoms with Crippen molar-refractivity contribution >= 4 is 23.5 Å². The van der Waals surface area contributed by atoms with Crippen molar-refractivity contribution in [1.29, 1.82) is 0 Å². The first kappa shape index (κ1) is 15.8. The summed E-state index contributed by atoms with van der Waals surface area (Å²) in [6.07, 6.45) is 4.87. The fourth-order valence-corrected chi connectivity index (χ4v) is 2.98. The van der Waals surface area contributed by atoms with Crippen LogP contribution < -0.4 is 0 Å². The van der Waals surface area contributed by atoms with Gasteiger partial charge in [-0.3, -0.25) is 14.6 Å². The summed E-state index contributed by atoms with van der Waals surface area (Å²) in [5.41, 5.74) is 1.15. The van der Waals surface area contributed by atoms with Crippen LogP contribution in [0.2, 0.25) is 5.02 Å². The Morgan fingerprint density at radius 2 is 2.24 bits per heavy atom. The number of aromatic nitrogens is 1. The van der Waals surface area contributed by atoms with E-state index in [4.69, 9.17) is 16.7 Å². The number of aryl methyl sites for hydroxylation is 1. The molecule has 5 nitrogen and oxygen atoms in total. The van der Waals surface area contributed by atoms with Gasteiger partial charge in [-0.25, -0.2) is 0 Å². The number of carboxylic acids is 1. The number of rotatable bonds is 4. The van der Waals surface area contributed by atoms with E-state index in [0.29, 0.717) is 23.6 Å². The number of likely N-dealkylation sites (tertiary alicyclic amines) is 1. The van der Waals surface area contributed by atoms with Gasteiger partial charge in [-0.1, -0.05) is 11.6 Å². The molecule has 0 radical (unpaired) electrons. The lowest BCUT2D eigenvalue weighted by Crippen LogP contribution is -2.44. The van der Waals surface area contributed by atoms with Crippen LogP contribution in [0.25, 0.3) is 0 Å². The predicted molar refractivity (Wildman–Crippen MR) is 79.5 cm³/mol. The zero-order valence-corrected chi connectivity index (χ0v) is 12.8. The topological polar surface area (TPSA) is 70.5 Å². The number of piperidine rings is 1. The molecule has 1 saturated heterocycles. The Morgan fingerprint density at radius 1 is 1.48 bits per heavy atom. The van der Waals surface area contributed by atoms with E-state index < -0.39 is 5.97 Å². The number of amides is 1. The summed E-state index contributed by atoms with van der Waals surface area (Å²) in [5.74, 6) is -0.981. The first-order valence-electron chi connectivity index (χ1n) is 7.14. The molecule has 6 heteroatoms. The molecule has 1 unspecified atom stereocenters. The highest BCUT2D eigenvalue weighted by molar-refractivity contribution is 6.33. The summed E-state index contributed by atoms with van der Waals surface area (Å²) in [6.45, 7) is 2.46. The minimum absolute atomic E-state index is 0.0280. The molecule has 1 fully saturated rings. The molecular weight excluding hydrogens is 292 g/mol. The van der Waals surface area contributed by atoms with E-state index in [-0.39, 0.29) is 18.4 Å². The van der Waals surface area contributed by atoms with Gasteiger partial charge < -0.3 is 10.0 Å². The molecule has 2 heterocycles. The van der Waals surface area contributed by atoms with Gasteiger partial charge in [0.1, 0.15) is 0 Å². The maximum absolute atomic E-state index is 12.6. The molecule has 1 amide bonds. The third kappa shape index (κ3) is 3.94. The van der Waals surface area contributed by atoms with Crippen LogP contribution in [-0.2, 0) is 4.79 Å². The number of aliphatic carboxylic acids is 1. The maximum Gasteiger partial charge on any atom is 0.303 e. The molecule has 0 bridgehead atoms. The Labute approximate surface area is 128 Å². The van der Waals surface area contributed by atoms with Crippen LogP contribution >= 0.6 is 11.6 Å². The Hall–Kier alpha value is -1.62. The van der Waals surface area contributed by atoms with Crippen molar-refractivity contribution in [2.45, 2.75) is 45.1 Å². The van der Waals surface area contributed by atoms with Crippen LogP contribution in [0.3, 0.4) is 0 Å². The van der Waals surface area contributed by atoms with Gasteiger partial charge in [0, 0.05) is 30.9 Å². The van der Waals surface area contributed by atoms with Gasteiger partial charge >= 0.3 is 5.97 Å². The molecule has 1 atom stereocenters. The molecule has 1 N–H and O–H groups in total. The highest BCUT2D eigenvalue weighted by atomic mass is 35.5. The van der Waals surface area contributed by atoms with Crippen LogP contribution in [0.1, 0.15) is 48.2 Å². The van der Waals surface area contributed by atoms with Crippen LogP contribution in [-0.4, -0.2) is 39.5 Å². The Kier molecular flexibility index (Phi) is 5.17. The lowest BCUT2D eigenvalue weighted by Gasteiger charge is -2.35. The van der Waals surface area contributed by atoms with E-state index in [2.05, 4.69) is 4.98 Å². The second-order valence-electron chi connectivity index (χ2n) is 5.39. The van der Waals surface area contributed by atoms with Crippen LogP contribution in [0.15, 0.2) is 12.3 Å². The molecular formula is C15H19ClN2O3. The first-order valence-corrected chi connectivity index (χ1v) is 7.51. The fourth-order valence-electron chi connectivity index (χ4n) is 2.70. The largest absolute Gasteiger partial charge is 0.481 e. The standard InChI is InChI=1S/C15H19ClN2O3/c1-10-8-13(16)12(9-17-10)15(21)18-7-3-2-4-11(18)5-6-14(19)20/h8-9,11H,2-7H2,1H3,(H,19,20). The van der Waals surface area contributed by atoms with E-state index in [9.17, 15) is 9.59 Å². The molecule has 0 saturated carbocycles. The molecule has 0 aliphatic carbocycles. The molecule has 0 spiro atoms. The summed E-state index contributed by atoms with van der Waals surface area (Å²) in [6, 6.07) is 1.64. The quantitative estimate of drug-likeness (QED) is 0.928. The summed E-state index contributed by atoms with van der Waals surface area (Å²) in [4.78, 5) is 29.3. The highest BCUT2D eigenvalue weighted by Gasteiger charge is 2.29. The predicted octanol–water partition coefficient (Wildman–Crippen LogP) is 2.90. The highest BCUT2D eigenvalue weighted by Crippen LogP contribution is 2.25. The van der Waals surface area contributed by atoms with Crippen molar-refractivity contribution in [2.75, 3.05) is 6.54 Å². The minimum Gasteiger partial charge on any atom is -0.481 e. The average molecular weight is 311 g/mol. The smallest absolute Gasteiger partial charge is 0.303 e. The molecule has 114 valence electrons. The number of carboxylic acid groups (broad SMARTS) is 1. The second kappa shape index (κ2) is 6.89. The molecule has 1 aromatic rings. The number of carbonyl (C=O) groups excluding carboxylic acids is 1. The summed E-state index contributed by atoms with van der Waals surface area (Å²) in [7, 11) is 0. The Morgan fingerprint density at radius 3 is 2.90 bits per heavy atom. The van der Waals surface area contributed by atoms with Gasteiger partial charge in [-0.15, -0.1) is 0 Å². The van der Waals surface area contributed by atoms with E-state index in [1.54, 1.807) is 11.0 Å². The summed E-state index contributed by atoms with van der Waals surface area (Å²) < 4.78 is 0. The number of carbonyl (C=O) groups is 2. The van der Waals surface area contributed by atoms with E-state index in [1.807, 2.05) is 6.92 Å². The van der Waals surface area contributed by atoms with Crippen molar-refractivity contribution in [3.8, 4) is 0 Å². The lowest BCUT2D eigenvalue weighted by molar-refractivity contribution is -0.137. The normalized spacial score (nSPS) is 18.6. The molecule has 2 rings (SSSR count). The van der Waals surface area contributed by atoms with Gasteiger partial charge in [0.05, 0.1) is 10.6 Å². The van der Waals surface area contributed by atoms with Crippen molar-refractivity contribution in [3.05, 3.63) is 28.5 Å². The Balaban J connectivity index is 2.16. The third-order valence-corrected chi connectivity index (χ3v) is 4.11. The third-order valence-electron chi connectivity index (χ3n) is 3.80. The number of nitrogens with zero attached hydrogens (tertiary/aromatic N) is 2. The van der Waals surface area contributed by atoms with Gasteiger partial charge in [0.25, 0.3) is 5.91 Å². The lowest BCUT2D eigenvalue weighted by atomic mass is 9.97. The van der Waals surface area contributed by atoms with Crippen LogP contribution in [0, 0.1) is 6.92 Å². The van der Waals surface area contributed by atoms with Crippen molar-refractivity contribution in [2.24, 2.45) is 0 Å². The van der Waals surface area contributed by atoms with Crippen molar-refractivity contribution in [3.63, 3.8) is 0 Å². The molecule has 1 aliphatic rings. The van der Waals surface area contributed by atoms with E-state index >= 15 is 0 Å². The van der Waals surface area contributed by atoms with Crippen LogP contribution in [0.5, 0.6) is 0 Å². The molecule has 0 aromatic carbocycles. The monoisotopic (exact) mass is 310 g/mol. The number of pyridine rings is 1. The summed E-state index contributed by atoms with van der Waals surface area (Å²) >= 11 is 6.14. The van der Waals surface area contributed by atoms with Gasteiger partial charge in [-0.05, 0) is 38.7 Å². The van der Waals surface area contributed by atoms with Gasteiger partial charge in [0.15, 0.2) is 0 Å². The van der Waals surface area contributed by atoms with Crippen LogP contribution in [0.4, 0.5) is 0 Å².